The van der Waals surface area contributed by atoms with E-state index >= 15 is 0 Å². The number of aryl methyl sites for hydroxylation is 3. The second-order valence-corrected chi connectivity index (χ2v) is 7.09. The number of aromatic nitrogens is 2. The first kappa shape index (κ1) is 19.2. The third-order valence-corrected chi connectivity index (χ3v) is 4.38. The highest BCUT2D eigenvalue weighted by Gasteiger charge is 2.13. The van der Waals surface area contributed by atoms with Crippen molar-refractivity contribution in [3.63, 3.8) is 0 Å². The maximum absolute atomic E-state index is 12.3. The first-order valence-electron chi connectivity index (χ1n) is 8.92. The molecule has 0 bridgehead atoms. The second kappa shape index (κ2) is 8.30. The number of nitrogens with one attached hydrogen (secondary N) is 2. The molecular formula is C20H30N4O. The molecule has 1 atom stereocenters. The average Bonchev–Trinajstić information content (AvgIpc) is 2.87. The highest BCUT2D eigenvalue weighted by molar-refractivity contribution is 5.93. The van der Waals surface area contributed by atoms with Gasteiger partial charge in [0.15, 0.2) is 0 Å². The van der Waals surface area contributed by atoms with E-state index in [0.717, 1.165) is 22.6 Å². The van der Waals surface area contributed by atoms with Crippen molar-refractivity contribution in [2.45, 2.75) is 53.5 Å². The molecular weight excluding hydrogens is 312 g/mol. The molecule has 0 saturated heterocycles. The number of carbonyl (C=O) groups is 1. The summed E-state index contributed by atoms with van der Waals surface area (Å²) in [4.78, 5) is 12.3. The van der Waals surface area contributed by atoms with Gasteiger partial charge in [0.2, 0.25) is 5.91 Å². The standard InChI is InChI=1S/C20H30N4O/c1-13(2)18-9-7-8-14(3)20(18)22-19(25)12-21-11-17(6)24-16(5)10-15(4)23-24/h7-10,13,17,21H,11-12H2,1-6H3,(H,22,25)/t17-/m0/s1. The summed E-state index contributed by atoms with van der Waals surface area (Å²) in [6.07, 6.45) is 0. The van der Waals surface area contributed by atoms with Crippen molar-refractivity contribution >= 4 is 11.6 Å². The number of benzene rings is 1. The first-order chi connectivity index (χ1) is 11.8. The van der Waals surface area contributed by atoms with Crippen LogP contribution in [0.2, 0.25) is 0 Å². The monoisotopic (exact) mass is 342 g/mol. The number of para-hydroxylation sites is 1. The van der Waals surface area contributed by atoms with Crippen LogP contribution in [0.1, 0.15) is 55.2 Å². The summed E-state index contributed by atoms with van der Waals surface area (Å²) >= 11 is 0. The molecule has 1 aromatic heterocycles. The Kier molecular flexibility index (Phi) is 6.37. The first-order valence-corrected chi connectivity index (χ1v) is 8.92. The van der Waals surface area contributed by atoms with Crippen LogP contribution in [-0.4, -0.2) is 28.8 Å². The van der Waals surface area contributed by atoms with E-state index in [0.29, 0.717) is 12.5 Å². The van der Waals surface area contributed by atoms with E-state index in [1.54, 1.807) is 0 Å². The number of rotatable bonds is 7. The molecule has 0 aliphatic heterocycles. The molecule has 2 N–H and O–H groups in total. The van der Waals surface area contributed by atoms with Gasteiger partial charge in [-0.15, -0.1) is 0 Å². The van der Waals surface area contributed by atoms with Crippen molar-refractivity contribution in [2.24, 2.45) is 0 Å². The molecule has 136 valence electrons. The third kappa shape index (κ3) is 4.92. The zero-order valence-corrected chi connectivity index (χ0v) is 16.2. The van der Waals surface area contributed by atoms with Crippen LogP contribution in [0.15, 0.2) is 24.3 Å². The van der Waals surface area contributed by atoms with Crippen LogP contribution in [0.3, 0.4) is 0 Å². The van der Waals surface area contributed by atoms with Crippen LogP contribution in [0.25, 0.3) is 0 Å². The van der Waals surface area contributed by atoms with Gasteiger partial charge in [-0.1, -0.05) is 32.0 Å². The molecule has 1 aromatic carbocycles. The van der Waals surface area contributed by atoms with Crippen LogP contribution < -0.4 is 10.6 Å². The van der Waals surface area contributed by atoms with Crippen LogP contribution in [0.5, 0.6) is 0 Å². The van der Waals surface area contributed by atoms with Crippen molar-refractivity contribution in [1.82, 2.24) is 15.1 Å². The Bertz CT molecular complexity index is 733. The molecule has 5 nitrogen and oxygen atoms in total. The van der Waals surface area contributed by atoms with Gasteiger partial charge in [0.25, 0.3) is 0 Å². The van der Waals surface area contributed by atoms with E-state index in [4.69, 9.17) is 0 Å². The number of nitrogens with zero attached hydrogens (tertiary/aromatic N) is 2. The fourth-order valence-corrected chi connectivity index (χ4v) is 3.10. The summed E-state index contributed by atoms with van der Waals surface area (Å²) in [7, 11) is 0. The lowest BCUT2D eigenvalue weighted by atomic mass is 9.98. The topological polar surface area (TPSA) is 59.0 Å². The van der Waals surface area contributed by atoms with E-state index in [1.807, 2.05) is 30.7 Å². The Morgan fingerprint density at radius 3 is 2.52 bits per heavy atom. The maximum Gasteiger partial charge on any atom is 0.238 e. The van der Waals surface area contributed by atoms with Crippen LogP contribution in [-0.2, 0) is 4.79 Å². The smallest absolute Gasteiger partial charge is 0.238 e. The summed E-state index contributed by atoms with van der Waals surface area (Å²) in [5.74, 6) is 0.353. The van der Waals surface area contributed by atoms with E-state index in [-0.39, 0.29) is 18.5 Å². The van der Waals surface area contributed by atoms with E-state index in [9.17, 15) is 4.79 Å². The Balaban J connectivity index is 1.90. The van der Waals surface area contributed by atoms with Gasteiger partial charge in [0, 0.05) is 17.9 Å². The van der Waals surface area contributed by atoms with Crippen molar-refractivity contribution < 1.29 is 4.79 Å². The molecule has 1 amide bonds. The number of anilines is 1. The van der Waals surface area contributed by atoms with Gasteiger partial charge in [-0.05, 0) is 50.8 Å². The quantitative estimate of drug-likeness (QED) is 0.806. The molecule has 0 spiro atoms. The molecule has 25 heavy (non-hydrogen) atoms. The number of hydrogen-bond acceptors (Lipinski definition) is 3. The fraction of sp³-hybridized carbons (Fsp3) is 0.500. The minimum Gasteiger partial charge on any atom is -0.324 e. The Morgan fingerprint density at radius 2 is 1.92 bits per heavy atom. The van der Waals surface area contributed by atoms with Crippen LogP contribution in [0.4, 0.5) is 5.69 Å². The lowest BCUT2D eigenvalue weighted by molar-refractivity contribution is -0.115. The second-order valence-electron chi connectivity index (χ2n) is 7.09. The van der Waals surface area contributed by atoms with Crippen molar-refractivity contribution in [1.29, 1.82) is 0 Å². The SMILES string of the molecule is Cc1cc(C)n([C@@H](C)CNCC(=O)Nc2c(C)cccc2C(C)C)n1. The van der Waals surface area contributed by atoms with Crippen molar-refractivity contribution in [2.75, 3.05) is 18.4 Å². The molecule has 2 aromatic rings. The Morgan fingerprint density at radius 1 is 1.20 bits per heavy atom. The molecule has 1 heterocycles. The average molecular weight is 342 g/mol. The highest BCUT2D eigenvalue weighted by Crippen LogP contribution is 2.27. The predicted octanol–water partition coefficient (Wildman–Crippen LogP) is 3.72. The lowest BCUT2D eigenvalue weighted by Crippen LogP contribution is -2.32. The van der Waals surface area contributed by atoms with E-state index in [2.05, 4.69) is 55.6 Å². The summed E-state index contributed by atoms with van der Waals surface area (Å²) < 4.78 is 2.00. The minimum atomic E-state index is -0.0169. The molecule has 0 radical (unpaired) electrons. The van der Waals surface area contributed by atoms with Gasteiger partial charge in [-0.2, -0.15) is 5.10 Å². The predicted molar refractivity (Wildman–Crippen MR) is 103 cm³/mol. The summed E-state index contributed by atoms with van der Waals surface area (Å²) in [5.41, 5.74) is 5.36. The fourth-order valence-electron chi connectivity index (χ4n) is 3.10. The van der Waals surface area contributed by atoms with Gasteiger partial charge >= 0.3 is 0 Å². The number of carbonyl (C=O) groups excluding carboxylic acids is 1. The van der Waals surface area contributed by atoms with Gasteiger partial charge in [0.1, 0.15) is 0 Å². The highest BCUT2D eigenvalue weighted by atomic mass is 16.1. The lowest BCUT2D eigenvalue weighted by Gasteiger charge is -2.18. The normalized spacial score (nSPS) is 12.4. The zero-order valence-electron chi connectivity index (χ0n) is 16.2. The number of hydrogen-bond donors (Lipinski definition) is 2. The van der Waals surface area contributed by atoms with Crippen LogP contribution >= 0.6 is 0 Å². The maximum atomic E-state index is 12.3. The van der Waals surface area contributed by atoms with Gasteiger partial charge in [0.05, 0.1) is 18.3 Å². The summed E-state index contributed by atoms with van der Waals surface area (Å²) in [6.45, 7) is 13.4. The Hall–Kier alpha value is -2.14. The molecule has 0 aliphatic carbocycles. The molecule has 0 unspecified atom stereocenters. The molecule has 2 rings (SSSR count). The summed E-state index contributed by atoms with van der Waals surface area (Å²) in [6, 6.07) is 8.40. The molecule has 0 aliphatic rings. The molecule has 0 fully saturated rings. The summed E-state index contributed by atoms with van der Waals surface area (Å²) in [5, 5.41) is 10.8. The van der Waals surface area contributed by atoms with Crippen molar-refractivity contribution in [3.05, 3.63) is 46.8 Å². The van der Waals surface area contributed by atoms with E-state index < -0.39 is 0 Å². The minimum absolute atomic E-state index is 0.0169. The van der Waals surface area contributed by atoms with Crippen LogP contribution in [0, 0.1) is 20.8 Å². The zero-order chi connectivity index (χ0) is 18.6. The number of amides is 1. The largest absolute Gasteiger partial charge is 0.324 e. The van der Waals surface area contributed by atoms with Gasteiger partial charge < -0.3 is 10.6 Å². The van der Waals surface area contributed by atoms with E-state index in [1.165, 1.54) is 5.56 Å². The van der Waals surface area contributed by atoms with Crippen molar-refractivity contribution in [3.8, 4) is 0 Å². The third-order valence-electron chi connectivity index (χ3n) is 4.38. The Labute approximate surface area is 150 Å². The van der Waals surface area contributed by atoms with Gasteiger partial charge in [-0.25, -0.2) is 0 Å². The molecule has 0 saturated carbocycles. The molecule has 5 heteroatoms. The van der Waals surface area contributed by atoms with Gasteiger partial charge in [-0.3, -0.25) is 9.48 Å².